The van der Waals surface area contributed by atoms with E-state index in [1.165, 1.54) is 6.33 Å². The molecule has 0 fully saturated rings. The summed E-state index contributed by atoms with van der Waals surface area (Å²) in [6.07, 6.45) is 1.47. The number of nitrogens with zero attached hydrogens (tertiary/aromatic N) is 3. The molecule has 2 N–H and O–H groups in total. The average Bonchev–Trinajstić information content (AvgIpc) is 2.68. The molecule has 2 aromatic rings. The third kappa shape index (κ3) is 2.11. The predicted molar refractivity (Wildman–Crippen MR) is 61.4 cm³/mol. The van der Waals surface area contributed by atoms with Gasteiger partial charge in [0.05, 0.1) is 5.69 Å². The van der Waals surface area contributed by atoms with Crippen molar-refractivity contribution in [1.29, 1.82) is 0 Å². The van der Waals surface area contributed by atoms with Crippen molar-refractivity contribution in [1.82, 2.24) is 20.4 Å². The van der Waals surface area contributed by atoms with E-state index in [2.05, 4.69) is 32.7 Å². The molecule has 6 nitrogen and oxygen atoms in total. The SMILES string of the molecule is CCNCCNc1ncnc2onc(C)c12. The fourth-order valence-electron chi connectivity index (χ4n) is 1.50. The summed E-state index contributed by atoms with van der Waals surface area (Å²) >= 11 is 0. The topological polar surface area (TPSA) is 75.9 Å². The van der Waals surface area contributed by atoms with E-state index in [0.29, 0.717) is 5.71 Å². The van der Waals surface area contributed by atoms with Crippen LogP contribution in [0, 0.1) is 6.92 Å². The second kappa shape index (κ2) is 4.89. The van der Waals surface area contributed by atoms with Crippen LogP contribution in [-0.4, -0.2) is 34.8 Å². The Hall–Kier alpha value is -1.69. The van der Waals surface area contributed by atoms with Gasteiger partial charge in [-0.3, -0.25) is 0 Å². The maximum absolute atomic E-state index is 5.06. The Labute approximate surface area is 93.4 Å². The number of rotatable bonds is 5. The molecule has 16 heavy (non-hydrogen) atoms. The van der Waals surface area contributed by atoms with Crippen molar-refractivity contribution in [3.8, 4) is 0 Å². The molecule has 2 rings (SSSR count). The Kier molecular flexibility index (Phi) is 3.31. The first-order valence-electron chi connectivity index (χ1n) is 5.34. The molecule has 0 amide bonds. The molecule has 0 aromatic carbocycles. The van der Waals surface area contributed by atoms with Crippen LogP contribution in [0.15, 0.2) is 10.9 Å². The van der Waals surface area contributed by atoms with E-state index in [1.807, 2.05) is 6.92 Å². The van der Waals surface area contributed by atoms with Crippen LogP contribution in [0.3, 0.4) is 0 Å². The first-order valence-corrected chi connectivity index (χ1v) is 5.34. The molecular formula is C10H15N5O. The van der Waals surface area contributed by atoms with Crippen molar-refractivity contribution in [2.45, 2.75) is 13.8 Å². The standard InChI is InChI=1S/C10H15N5O/c1-3-11-4-5-12-9-8-7(2)15-16-10(8)14-6-13-9/h6,11H,3-5H2,1-2H3,(H,12,13,14). The van der Waals surface area contributed by atoms with Crippen molar-refractivity contribution in [3.63, 3.8) is 0 Å². The van der Waals surface area contributed by atoms with Crippen LogP contribution in [0.4, 0.5) is 5.82 Å². The highest BCUT2D eigenvalue weighted by Crippen LogP contribution is 2.21. The van der Waals surface area contributed by atoms with E-state index in [0.717, 1.165) is 36.5 Å². The zero-order valence-electron chi connectivity index (χ0n) is 9.45. The fraction of sp³-hybridized carbons (Fsp3) is 0.500. The second-order valence-corrected chi connectivity index (χ2v) is 3.45. The molecule has 86 valence electrons. The van der Waals surface area contributed by atoms with Crippen LogP contribution in [0.2, 0.25) is 0 Å². The molecule has 0 aliphatic rings. The van der Waals surface area contributed by atoms with Crippen LogP contribution < -0.4 is 10.6 Å². The normalized spacial score (nSPS) is 10.9. The Morgan fingerprint density at radius 1 is 1.31 bits per heavy atom. The third-order valence-corrected chi connectivity index (χ3v) is 2.29. The first kappa shape index (κ1) is 10.8. The Balaban J connectivity index is 2.13. The molecule has 0 aliphatic carbocycles. The number of aromatic nitrogens is 3. The van der Waals surface area contributed by atoms with Crippen LogP contribution in [0.1, 0.15) is 12.6 Å². The second-order valence-electron chi connectivity index (χ2n) is 3.45. The first-order chi connectivity index (χ1) is 7.83. The van der Waals surface area contributed by atoms with Crippen molar-refractivity contribution in [2.75, 3.05) is 25.0 Å². The number of likely N-dealkylation sites (N-methyl/N-ethyl adjacent to an activating group) is 1. The van der Waals surface area contributed by atoms with Gasteiger partial charge in [0.1, 0.15) is 17.5 Å². The largest absolute Gasteiger partial charge is 0.368 e. The van der Waals surface area contributed by atoms with Gasteiger partial charge in [0, 0.05) is 13.1 Å². The van der Waals surface area contributed by atoms with Crippen molar-refractivity contribution in [2.24, 2.45) is 0 Å². The predicted octanol–water partition coefficient (Wildman–Crippen LogP) is 0.948. The minimum absolute atomic E-state index is 0.526. The molecule has 0 saturated carbocycles. The van der Waals surface area contributed by atoms with Crippen molar-refractivity contribution >= 4 is 16.9 Å². The summed E-state index contributed by atoms with van der Waals surface area (Å²) < 4.78 is 5.06. The molecule has 2 heterocycles. The molecule has 0 saturated heterocycles. The molecule has 6 heteroatoms. The molecule has 0 atom stereocenters. The number of fused-ring (bicyclic) bond motifs is 1. The van der Waals surface area contributed by atoms with Gasteiger partial charge in [0.25, 0.3) is 5.71 Å². The van der Waals surface area contributed by atoms with E-state index in [-0.39, 0.29) is 0 Å². The van der Waals surface area contributed by atoms with Gasteiger partial charge in [-0.1, -0.05) is 12.1 Å². The summed E-state index contributed by atoms with van der Waals surface area (Å²) in [7, 11) is 0. The van der Waals surface area contributed by atoms with E-state index >= 15 is 0 Å². The summed E-state index contributed by atoms with van der Waals surface area (Å²) in [4.78, 5) is 8.20. The number of hydrogen-bond acceptors (Lipinski definition) is 6. The Bertz CT molecular complexity index is 467. The molecule has 0 bridgehead atoms. The molecule has 2 aromatic heterocycles. The van der Waals surface area contributed by atoms with Crippen molar-refractivity contribution < 1.29 is 4.52 Å². The van der Waals surface area contributed by atoms with E-state index in [4.69, 9.17) is 4.52 Å². The highest BCUT2D eigenvalue weighted by molar-refractivity contribution is 5.87. The number of anilines is 1. The maximum atomic E-state index is 5.06. The highest BCUT2D eigenvalue weighted by atomic mass is 16.5. The number of hydrogen-bond donors (Lipinski definition) is 2. The van der Waals surface area contributed by atoms with Crippen LogP contribution in [0.25, 0.3) is 11.1 Å². The van der Waals surface area contributed by atoms with E-state index < -0.39 is 0 Å². The zero-order valence-corrected chi connectivity index (χ0v) is 9.45. The highest BCUT2D eigenvalue weighted by Gasteiger charge is 2.10. The van der Waals surface area contributed by atoms with E-state index in [1.54, 1.807) is 0 Å². The lowest BCUT2D eigenvalue weighted by molar-refractivity contribution is 0.442. The summed E-state index contributed by atoms with van der Waals surface area (Å²) in [6.45, 7) is 6.63. The van der Waals surface area contributed by atoms with Gasteiger partial charge in [0.2, 0.25) is 0 Å². The summed E-state index contributed by atoms with van der Waals surface area (Å²) in [5.74, 6) is 0.779. The van der Waals surface area contributed by atoms with E-state index in [9.17, 15) is 0 Å². The van der Waals surface area contributed by atoms with Crippen LogP contribution in [0.5, 0.6) is 0 Å². The van der Waals surface area contributed by atoms with Gasteiger partial charge in [0.15, 0.2) is 0 Å². The summed E-state index contributed by atoms with van der Waals surface area (Å²) in [5.41, 5.74) is 1.33. The lowest BCUT2D eigenvalue weighted by Crippen LogP contribution is -2.22. The monoisotopic (exact) mass is 221 g/mol. The van der Waals surface area contributed by atoms with Crippen molar-refractivity contribution in [3.05, 3.63) is 12.0 Å². The van der Waals surface area contributed by atoms with Gasteiger partial charge >= 0.3 is 0 Å². The van der Waals surface area contributed by atoms with Gasteiger partial charge in [-0.25, -0.2) is 4.98 Å². The third-order valence-electron chi connectivity index (χ3n) is 2.29. The molecule has 0 unspecified atom stereocenters. The maximum Gasteiger partial charge on any atom is 0.263 e. The lowest BCUT2D eigenvalue weighted by Gasteiger charge is -2.05. The van der Waals surface area contributed by atoms with Gasteiger partial charge < -0.3 is 15.2 Å². The van der Waals surface area contributed by atoms with Gasteiger partial charge in [-0.15, -0.1) is 0 Å². The molecule has 0 spiro atoms. The smallest absolute Gasteiger partial charge is 0.263 e. The fourth-order valence-corrected chi connectivity index (χ4v) is 1.50. The zero-order chi connectivity index (χ0) is 11.4. The Morgan fingerprint density at radius 2 is 2.19 bits per heavy atom. The Morgan fingerprint density at radius 3 is 3.00 bits per heavy atom. The molecule has 0 aliphatic heterocycles. The summed E-state index contributed by atoms with van der Waals surface area (Å²) in [6, 6.07) is 0. The van der Waals surface area contributed by atoms with Gasteiger partial charge in [-0.2, -0.15) is 4.98 Å². The van der Waals surface area contributed by atoms with Crippen LogP contribution in [-0.2, 0) is 0 Å². The number of nitrogens with one attached hydrogen (secondary N) is 2. The molecular weight excluding hydrogens is 206 g/mol. The average molecular weight is 221 g/mol. The minimum atomic E-state index is 0.526. The van der Waals surface area contributed by atoms with Crippen LogP contribution >= 0.6 is 0 Å². The lowest BCUT2D eigenvalue weighted by atomic mass is 10.3. The van der Waals surface area contributed by atoms with Gasteiger partial charge in [-0.05, 0) is 13.5 Å². The summed E-state index contributed by atoms with van der Waals surface area (Å²) in [5, 5.41) is 11.2. The molecule has 0 radical (unpaired) electrons. The quantitative estimate of drug-likeness (QED) is 0.732. The minimum Gasteiger partial charge on any atom is -0.368 e. The number of aryl methyl sites for hydroxylation is 1.